The fourth-order valence-electron chi connectivity index (χ4n) is 2.32. The van der Waals surface area contributed by atoms with E-state index in [1.165, 1.54) is 0 Å². The van der Waals surface area contributed by atoms with Crippen LogP contribution in [-0.4, -0.2) is 0 Å². The minimum atomic E-state index is 0.521. The van der Waals surface area contributed by atoms with E-state index in [9.17, 15) is 0 Å². The summed E-state index contributed by atoms with van der Waals surface area (Å²) in [6.45, 7) is 1.17. The maximum absolute atomic E-state index is 6.14. The maximum Gasteiger partial charge on any atom is 0.124 e. The van der Waals surface area contributed by atoms with Crippen molar-refractivity contribution in [2.45, 2.75) is 13.2 Å². The molecule has 4 heteroatoms. The van der Waals surface area contributed by atoms with Crippen LogP contribution in [0.4, 0.5) is 5.69 Å². The summed E-state index contributed by atoms with van der Waals surface area (Å²) in [5, 5.41) is 4.09. The Morgan fingerprint density at radius 2 is 1.67 bits per heavy atom. The smallest absolute Gasteiger partial charge is 0.124 e. The summed E-state index contributed by atoms with van der Waals surface area (Å²) < 4.78 is 7.05. The zero-order chi connectivity index (χ0) is 16.8. The highest BCUT2D eigenvalue weighted by atomic mass is 79.9. The van der Waals surface area contributed by atoms with Gasteiger partial charge in [0.15, 0.2) is 0 Å². The zero-order valence-corrected chi connectivity index (χ0v) is 15.3. The summed E-state index contributed by atoms with van der Waals surface area (Å²) >= 11 is 9.58. The summed E-state index contributed by atoms with van der Waals surface area (Å²) in [5.41, 5.74) is 3.22. The van der Waals surface area contributed by atoms with E-state index in [0.717, 1.165) is 27.0 Å². The average Bonchev–Trinajstić information content (AvgIpc) is 2.61. The van der Waals surface area contributed by atoms with Crippen molar-refractivity contribution in [2.75, 3.05) is 5.32 Å². The Kier molecular flexibility index (Phi) is 5.78. The van der Waals surface area contributed by atoms with Crippen molar-refractivity contribution in [2.24, 2.45) is 0 Å². The number of ether oxygens (including phenoxy) is 1. The van der Waals surface area contributed by atoms with Gasteiger partial charge in [0.05, 0.1) is 0 Å². The van der Waals surface area contributed by atoms with Gasteiger partial charge < -0.3 is 10.1 Å². The number of benzene rings is 3. The van der Waals surface area contributed by atoms with Gasteiger partial charge in [-0.15, -0.1) is 0 Å². The molecular formula is C20H17BrClNO. The van der Waals surface area contributed by atoms with E-state index >= 15 is 0 Å². The Balaban J connectivity index is 1.69. The SMILES string of the molecule is Clc1ccc(OCc2ccc(Br)cc2)c(CNc2ccccc2)c1. The van der Waals surface area contributed by atoms with Crippen LogP contribution in [0.25, 0.3) is 0 Å². The van der Waals surface area contributed by atoms with Crippen LogP contribution in [-0.2, 0) is 13.2 Å². The van der Waals surface area contributed by atoms with E-state index < -0.39 is 0 Å². The lowest BCUT2D eigenvalue weighted by Gasteiger charge is -2.13. The molecule has 0 fully saturated rings. The lowest BCUT2D eigenvalue weighted by atomic mass is 10.2. The molecule has 0 aliphatic carbocycles. The molecule has 0 unspecified atom stereocenters. The number of rotatable bonds is 6. The van der Waals surface area contributed by atoms with Crippen molar-refractivity contribution in [3.63, 3.8) is 0 Å². The lowest BCUT2D eigenvalue weighted by Crippen LogP contribution is -2.03. The molecule has 0 aromatic heterocycles. The number of hydrogen-bond acceptors (Lipinski definition) is 2. The third-order valence-corrected chi connectivity index (χ3v) is 4.35. The van der Waals surface area contributed by atoms with Crippen LogP contribution in [0.15, 0.2) is 77.3 Å². The van der Waals surface area contributed by atoms with Crippen LogP contribution >= 0.6 is 27.5 Å². The molecule has 0 amide bonds. The number of anilines is 1. The molecule has 0 radical (unpaired) electrons. The van der Waals surface area contributed by atoms with Crippen LogP contribution < -0.4 is 10.1 Å². The molecule has 0 aliphatic rings. The standard InChI is InChI=1S/C20H17BrClNO/c21-17-8-6-15(7-9-17)14-24-20-11-10-18(22)12-16(20)13-23-19-4-2-1-3-5-19/h1-12,23H,13-14H2. The quantitative estimate of drug-likeness (QED) is 0.523. The molecule has 0 saturated carbocycles. The van der Waals surface area contributed by atoms with Crippen LogP contribution in [0.1, 0.15) is 11.1 Å². The number of halogens is 2. The molecule has 3 aromatic rings. The van der Waals surface area contributed by atoms with Gasteiger partial charge in [-0.05, 0) is 48.0 Å². The Morgan fingerprint density at radius 3 is 2.42 bits per heavy atom. The lowest BCUT2D eigenvalue weighted by molar-refractivity contribution is 0.303. The number of nitrogens with one attached hydrogen (secondary N) is 1. The van der Waals surface area contributed by atoms with E-state index in [0.29, 0.717) is 18.2 Å². The second kappa shape index (κ2) is 8.22. The zero-order valence-electron chi connectivity index (χ0n) is 13.0. The third-order valence-electron chi connectivity index (χ3n) is 3.59. The maximum atomic E-state index is 6.14. The van der Waals surface area contributed by atoms with E-state index in [2.05, 4.69) is 21.2 Å². The first-order valence-corrected chi connectivity index (χ1v) is 8.82. The average molecular weight is 403 g/mol. The fraction of sp³-hybridized carbons (Fsp3) is 0.100. The van der Waals surface area contributed by atoms with Crippen molar-refractivity contribution in [1.82, 2.24) is 0 Å². The Hall–Kier alpha value is -1.97. The molecule has 24 heavy (non-hydrogen) atoms. The van der Waals surface area contributed by atoms with Gasteiger partial charge in [0.1, 0.15) is 12.4 Å². The number of para-hydroxylation sites is 1. The Labute approximate surface area is 155 Å². The normalized spacial score (nSPS) is 10.4. The van der Waals surface area contributed by atoms with Gasteiger partial charge in [0.2, 0.25) is 0 Å². The van der Waals surface area contributed by atoms with Gasteiger partial charge in [-0.25, -0.2) is 0 Å². The van der Waals surface area contributed by atoms with Gasteiger partial charge in [-0.1, -0.05) is 57.9 Å². The van der Waals surface area contributed by atoms with Gasteiger partial charge in [-0.3, -0.25) is 0 Å². The van der Waals surface area contributed by atoms with Crippen molar-refractivity contribution in [3.8, 4) is 5.75 Å². The third kappa shape index (κ3) is 4.76. The summed E-state index contributed by atoms with van der Waals surface area (Å²) in [5.74, 6) is 0.839. The summed E-state index contributed by atoms with van der Waals surface area (Å²) in [6, 6.07) is 23.9. The first kappa shape index (κ1) is 16.9. The van der Waals surface area contributed by atoms with Crippen molar-refractivity contribution in [3.05, 3.63) is 93.4 Å². The van der Waals surface area contributed by atoms with Gasteiger partial charge in [0.25, 0.3) is 0 Å². The van der Waals surface area contributed by atoms with Crippen molar-refractivity contribution < 1.29 is 4.74 Å². The molecule has 3 rings (SSSR count). The highest BCUT2D eigenvalue weighted by Crippen LogP contribution is 2.25. The van der Waals surface area contributed by atoms with Crippen LogP contribution in [0.2, 0.25) is 5.02 Å². The second-order valence-electron chi connectivity index (χ2n) is 5.39. The van der Waals surface area contributed by atoms with E-state index in [1.807, 2.05) is 72.8 Å². The summed E-state index contributed by atoms with van der Waals surface area (Å²) in [4.78, 5) is 0. The Bertz CT molecular complexity index is 790. The number of hydrogen-bond donors (Lipinski definition) is 1. The topological polar surface area (TPSA) is 21.3 Å². The first-order valence-electron chi connectivity index (χ1n) is 7.65. The highest BCUT2D eigenvalue weighted by molar-refractivity contribution is 9.10. The molecule has 1 N–H and O–H groups in total. The molecule has 0 aliphatic heterocycles. The molecule has 0 heterocycles. The fourth-order valence-corrected chi connectivity index (χ4v) is 2.78. The molecular weight excluding hydrogens is 386 g/mol. The summed E-state index contributed by atoms with van der Waals surface area (Å²) in [6.07, 6.45) is 0. The predicted octanol–water partition coefficient (Wildman–Crippen LogP) is 6.29. The molecule has 0 spiro atoms. The highest BCUT2D eigenvalue weighted by Gasteiger charge is 2.06. The van der Waals surface area contributed by atoms with Gasteiger partial charge in [0, 0.05) is 27.3 Å². The minimum Gasteiger partial charge on any atom is -0.489 e. The summed E-state index contributed by atoms with van der Waals surface area (Å²) in [7, 11) is 0. The molecule has 2 nitrogen and oxygen atoms in total. The van der Waals surface area contributed by atoms with Gasteiger partial charge in [-0.2, -0.15) is 0 Å². The first-order chi connectivity index (χ1) is 11.7. The Morgan fingerprint density at radius 1 is 0.917 bits per heavy atom. The van der Waals surface area contributed by atoms with E-state index in [1.54, 1.807) is 0 Å². The molecule has 3 aromatic carbocycles. The van der Waals surface area contributed by atoms with Crippen LogP contribution in [0.5, 0.6) is 5.75 Å². The molecule has 122 valence electrons. The van der Waals surface area contributed by atoms with Crippen molar-refractivity contribution in [1.29, 1.82) is 0 Å². The van der Waals surface area contributed by atoms with Gasteiger partial charge >= 0.3 is 0 Å². The molecule has 0 saturated heterocycles. The van der Waals surface area contributed by atoms with E-state index in [-0.39, 0.29) is 0 Å². The van der Waals surface area contributed by atoms with Crippen LogP contribution in [0, 0.1) is 0 Å². The van der Waals surface area contributed by atoms with E-state index in [4.69, 9.17) is 16.3 Å². The van der Waals surface area contributed by atoms with Crippen molar-refractivity contribution >= 4 is 33.2 Å². The molecule has 0 bridgehead atoms. The van der Waals surface area contributed by atoms with Crippen LogP contribution in [0.3, 0.4) is 0 Å². The minimum absolute atomic E-state index is 0.521. The second-order valence-corrected chi connectivity index (χ2v) is 6.74. The monoisotopic (exact) mass is 401 g/mol. The largest absolute Gasteiger partial charge is 0.489 e. The molecule has 0 atom stereocenters. The predicted molar refractivity (Wildman–Crippen MR) is 104 cm³/mol.